The maximum atomic E-state index is 11.2. The van der Waals surface area contributed by atoms with Crippen molar-refractivity contribution < 1.29 is 14.7 Å². The fourth-order valence-electron chi connectivity index (χ4n) is 2.07. The Bertz CT molecular complexity index is 604. The fraction of sp³-hybridized carbons (Fsp3) is 0.214. The Morgan fingerprint density at radius 2 is 2.05 bits per heavy atom. The van der Waals surface area contributed by atoms with Crippen molar-refractivity contribution in [3.8, 4) is 0 Å². The molecule has 0 radical (unpaired) electrons. The Kier molecular flexibility index (Phi) is 3.75. The van der Waals surface area contributed by atoms with Crippen LogP contribution in [0.5, 0.6) is 0 Å². The van der Waals surface area contributed by atoms with Crippen LogP contribution in [0.4, 0.5) is 0 Å². The molecule has 1 aromatic heterocycles. The number of hydrogen-bond acceptors (Lipinski definition) is 3. The van der Waals surface area contributed by atoms with Crippen molar-refractivity contribution in [1.29, 1.82) is 0 Å². The van der Waals surface area contributed by atoms with Crippen molar-refractivity contribution in [3.05, 3.63) is 42.1 Å². The van der Waals surface area contributed by atoms with Crippen molar-refractivity contribution >= 4 is 22.8 Å². The quantitative estimate of drug-likeness (QED) is 0.877. The second-order valence-corrected chi connectivity index (χ2v) is 4.27. The minimum atomic E-state index is -0.966. The molecule has 0 bridgehead atoms. The highest BCUT2D eigenvalue weighted by molar-refractivity contribution is 5.84. The molecule has 19 heavy (non-hydrogen) atoms. The summed E-state index contributed by atoms with van der Waals surface area (Å²) in [4.78, 5) is 26.4. The third kappa shape index (κ3) is 3.07. The highest BCUT2D eigenvalue weighted by Crippen LogP contribution is 2.24. The van der Waals surface area contributed by atoms with E-state index in [9.17, 15) is 9.59 Å². The van der Waals surface area contributed by atoms with E-state index in [0.29, 0.717) is 5.52 Å². The van der Waals surface area contributed by atoms with Crippen molar-refractivity contribution in [2.45, 2.75) is 19.4 Å². The molecule has 1 amide bonds. The predicted octanol–water partition coefficient (Wildman–Crippen LogP) is 1.89. The van der Waals surface area contributed by atoms with Gasteiger partial charge in [-0.2, -0.15) is 0 Å². The molecule has 1 aromatic carbocycles. The predicted molar refractivity (Wildman–Crippen MR) is 70.6 cm³/mol. The van der Waals surface area contributed by atoms with Crippen LogP contribution >= 0.6 is 0 Å². The molecule has 1 heterocycles. The average Bonchev–Trinajstić information content (AvgIpc) is 2.36. The van der Waals surface area contributed by atoms with Crippen LogP contribution in [0.25, 0.3) is 10.9 Å². The third-order valence-electron chi connectivity index (χ3n) is 2.80. The number of nitrogens with one attached hydrogen (secondary N) is 1. The van der Waals surface area contributed by atoms with Crippen LogP contribution in [0.3, 0.4) is 0 Å². The number of rotatable bonds is 4. The van der Waals surface area contributed by atoms with Crippen LogP contribution in [-0.4, -0.2) is 22.0 Å². The molecule has 98 valence electrons. The molecule has 0 aliphatic heterocycles. The number of para-hydroxylation sites is 1. The summed E-state index contributed by atoms with van der Waals surface area (Å²) < 4.78 is 0. The first-order chi connectivity index (χ1) is 9.08. The molecule has 0 unspecified atom stereocenters. The largest absolute Gasteiger partial charge is 0.481 e. The Morgan fingerprint density at radius 1 is 1.32 bits per heavy atom. The van der Waals surface area contributed by atoms with Crippen molar-refractivity contribution in [3.63, 3.8) is 0 Å². The van der Waals surface area contributed by atoms with E-state index in [-0.39, 0.29) is 12.3 Å². The van der Waals surface area contributed by atoms with Gasteiger partial charge in [0.05, 0.1) is 18.0 Å². The second-order valence-electron chi connectivity index (χ2n) is 4.27. The van der Waals surface area contributed by atoms with Crippen LogP contribution in [-0.2, 0) is 9.59 Å². The first-order valence-corrected chi connectivity index (χ1v) is 5.90. The van der Waals surface area contributed by atoms with Crippen molar-refractivity contribution in [1.82, 2.24) is 10.3 Å². The average molecular weight is 258 g/mol. The van der Waals surface area contributed by atoms with Gasteiger partial charge in [0.15, 0.2) is 0 Å². The number of carboxylic acid groups (broad SMARTS) is 1. The van der Waals surface area contributed by atoms with E-state index >= 15 is 0 Å². The minimum Gasteiger partial charge on any atom is -0.481 e. The van der Waals surface area contributed by atoms with Gasteiger partial charge in [-0.05, 0) is 6.07 Å². The van der Waals surface area contributed by atoms with Gasteiger partial charge in [-0.3, -0.25) is 14.6 Å². The molecule has 0 spiro atoms. The van der Waals surface area contributed by atoms with E-state index in [1.54, 1.807) is 12.3 Å². The summed E-state index contributed by atoms with van der Waals surface area (Å²) in [5.74, 6) is -1.23. The van der Waals surface area contributed by atoms with Gasteiger partial charge < -0.3 is 10.4 Å². The topological polar surface area (TPSA) is 79.3 Å². The summed E-state index contributed by atoms with van der Waals surface area (Å²) >= 11 is 0. The number of carboxylic acids is 1. The van der Waals surface area contributed by atoms with Gasteiger partial charge in [0.1, 0.15) is 0 Å². The Balaban J connectivity index is 2.48. The summed E-state index contributed by atoms with van der Waals surface area (Å²) in [7, 11) is 0. The number of aromatic nitrogens is 1. The van der Waals surface area contributed by atoms with E-state index in [2.05, 4.69) is 10.3 Å². The zero-order chi connectivity index (χ0) is 13.8. The molecule has 1 atom stereocenters. The normalized spacial score (nSPS) is 12.1. The highest BCUT2D eigenvalue weighted by Gasteiger charge is 2.19. The Labute approximate surface area is 110 Å². The maximum Gasteiger partial charge on any atom is 0.305 e. The van der Waals surface area contributed by atoms with E-state index < -0.39 is 12.0 Å². The number of carbonyl (C=O) groups is 2. The van der Waals surface area contributed by atoms with E-state index in [1.165, 1.54) is 6.92 Å². The molecule has 2 rings (SSSR count). The summed E-state index contributed by atoms with van der Waals surface area (Å²) in [6, 6.07) is 8.66. The molecule has 0 saturated carbocycles. The monoisotopic (exact) mass is 258 g/mol. The Hall–Kier alpha value is -2.43. The number of hydrogen-bond donors (Lipinski definition) is 2. The number of aliphatic carboxylic acids is 1. The number of fused-ring (bicyclic) bond motifs is 1. The lowest BCUT2D eigenvalue weighted by Gasteiger charge is -2.17. The number of carbonyl (C=O) groups excluding carboxylic acids is 1. The molecule has 0 saturated heterocycles. The summed E-state index contributed by atoms with van der Waals surface area (Å²) in [5.41, 5.74) is 1.43. The summed E-state index contributed by atoms with van der Waals surface area (Å²) in [6.07, 6.45) is 1.48. The minimum absolute atomic E-state index is 0.171. The van der Waals surface area contributed by atoms with Crippen LogP contribution in [0.15, 0.2) is 36.5 Å². The van der Waals surface area contributed by atoms with Crippen LogP contribution in [0.1, 0.15) is 24.9 Å². The van der Waals surface area contributed by atoms with Crippen molar-refractivity contribution in [2.24, 2.45) is 0 Å². The zero-order valence-electron chi connectivity index (χ0n) is 10.5. The van der Waals surface area contributed by atoms with Crippen LogP contribution in [0, 0.1) is 0 Å². The molecule has 0 aliphatic rings. The van der Waals surface area contributed by atoms with E-state index in [0.717, 1.165) is 10.9 Å². The zero-order valence-corrected chi connectivity index (χ0v) is 10.5. The molecular weight excluding hydrogens is 244 g/mol. The molecule has 5 heteroatoms. The van der Waals surface area contributed by atoms with Gasteiger partial charge in [-0.15, -0.1) is 0 Å². The van der Waals surface area contributed by atoms with Crippen LogP contribution < -0.4 is 5.32 Å². The van der Waals surface area contributed by atoms with E-state index in [4.69, 9.17) is 5.11 Å². The van der Waals surface area contributed by atoms with Gasteiger partial charge in [-0.25, -0.2) is 0 Å². The molecular formula is C14H14N2O3. The van der Waals surface area contributed by atoms with Gasteiger partial charge >= 0.3 is 5.97 Å². The molecule has 5 nitrogen and oxygen atoms in total. The molecule has 0 aliphatic carbocycles. The summed E-state index contributed by atoms with van der Waals surface area (Å²) in [6.45, 7) is 1.37. The van der Waals surface area contributed by atoms with E-state index in [1.807, 2.05) is 24.3 Å². The molecule has 0 fully saturated rings. The van der Waals surface area contributed by atoms with Gasteiger partial charge in [0, 0.05) is 24.1 Å². The fourth-order valence-corrected chi connectivity index (χ4v) is 2.07. The molecule has 2 N–H and O–H groups in total. The Morgan fingerprint density at radius 3 is 2.74 bits per heavy atom. The second kappa shape index (κ2) is 5.48. The lowest BCUT2D eigenvalue weighted by molar-refractivity contribution is -0.137. The SMILES string of the molecule is CC(=O)N[C@@H](CC(=O)O)c1cccc2cccnc12. The summed E-state index contributed by atoms with van der Waals surface area (Å²) in [5, 5.41) is 12.5. The standard InChI is InChI=1S/C14H14N2O3/c1-9(17)16-12(8-13(18)19)11-6-2-4-10-5-3-7-15-14(10)11/h2-7,12H,8H2,1H3,(H,16,17)(H,18,19)/t12-/m0/s1. The van der Waals surface area contributed by atoms with Gasteiger partial charge in [-0.1, -0.05) is 24.3 Å². The van der Waals surface area contributed by atoms with Crippen molar-refractivity contribution in [2.75, 3.05) is 0 Å². The smallest absolute Gasteiger partial charge is 0.305 e. The molecule has 2 aromatic rings. The number of amides is 1. The van der Waals surface area contributed by atoms with Crippen LogP contribution in [0.2, 0.25) is 0 Å². The van der Waals surface area contributed by atoms with Gasteiger partial charge in [0.25, 0.3) is 0 Å². The lowest BCUT2D eigenvalue weighted by atomic mass is 10.00. The first-order valence-electron chi connectivity index (χ1n) is 5.90. The highest BCUT2D eigenvalue weighted by atomic mass is 16.4. The maximum absolute atomic E-state index is 11.2. The number of nitrogens with zero attached hydrogens (tertiary/aromatic N) is 1. The lowest BCUT2D eigenvalue weighted by Crippen LogP contribution is -2.28. The third-order valence-corrected chi connectivity index (χ3v) is 2.80. The first kappa shape index (κ1) is 13.0. The number of benzene rings is 1. The number of pyridine rings is 1. The van der Waals surface area contributed by atoms with Gasteiger partial charge in [0.2, 0.25) is 5.91 Å².